The Morgan fingerprint density at radius 3 is 2.36 bits per heavy atom. The molecule has 2 bridgehead atoms. The highest BCUT2D eigenvalue weighted by Gasteiger charge is 2.76. The summed E-state index contributed by atoms with van der Waals surface area (Å²) in [5.74, 6) is 0.700. The van der Waals surface area contributed by atoms with Crippen LogP contribution < -0.4 is 4.90 Å². The standard InChI is InChI=1S/C19H25N3O3/c1-17(2)18(3)7-8-19(17,25-16(18)24)15(23)22-12-10-21(11-13-22)14-6-4-5-9-20-14/h4-6,9H,7-8,10-13H2,1-3H3/t18-,19-/m0/s1. The van der Waals surface area contributed by atoms with Crippen LogP contribution in [-0.4, -0.2) is 53.5 Å². The maximum Gasteiger partial charge on any atom is 0.313 e. The molecule has 3 fully saturated rings. The molecule has 0 radical (unpaired) electrons. The molecule has 1 aromatic heterocycles. The fraction of sp³-hybridized carbons (Fsp3) is 0.632. The number of anilines is 1. The molecule has 1 amide bonds. The van der Waals surface area contributed by atoms with E-state index < -0.39 is 16.4 Å². The van der Waals surface area contributed by atoms with Crippen molar-refractivity contribution in [1.82, 2.24) is 9.88 Å². The molecular weight excluding hydrogens is 318 g/mol. The van der Waals surface area contributed by atoms with E-state index in [9.17, 15) is 9.59 Å². The number of fused-ring (bicyclic) bond motifs is 2. The minimum Gasteiger partial charge on any atom is -0.448 e. The van der Waals surface area contributed by atoms with E-state index in [1.807, 2.05) is 43.9 Å². The Balaban J connectivity index is 1.51. The number of ether oxygens (including phenoxy) is 1. The van der Waals surface area contributed by atoms with E-state index in [1.165, 1.54) is 0 Å². The first kappa shape index (κ1) is 16.4. The third kappa shape index (κ3) is 1.99. The summed E-state index contributed by atoms with van der Waals surface area (Å²) < 4.78 is 5.74. The molecule has 25 heavy (non-hydrogen) atoms. The van der Waals surface area contributed by atoms with Crippen molar-refractivity contribution in [2.45, 2.75) is 39.2 Å². The van der Waals surface area contributed by atoms with Crippen LogP contribution in [0.3, 0.4) is 0 Å². The number of carbonyl (C=O) groups is 2. The minimum absolute atomic E-state index is 0.0206. The SMILES string of the molecule is CC1(C)[C@@]2(C)CC[C@@]1(C(=O)N1CCN(c3ccccn3)CC1)OC2=O. The first-order valence-electron chi connectivity index (χ1n) is 9.01. The van der Waals surface area contributed by atoms with Crippen LogP contribution in [0.4, 0.5) is 5.82 Å². The summed E-state index contributed by atoms with van der Waals surface area (Å²) in [5, 5.41) is 0. The highest BCUT2D eigenvalue weighted by Crippen LogP contribution is 2.65. The van der Waals surface area contributed by atoms with Crippen LogP contribution in [0, 0.1) is 10.8 Å². The summed E-state index contributed by atoms with van der Waals surface area (Å²) in [4.78, 5) is 34.2. The number of nitrogens with zero attached hydrogens (tertiary/aromatic N) is 3. The van der Waals surface area contributed by atoms with Crippen LogP contribution in [0.15, 0.2) is 24.4 Å². The largest absolute Gasteiger partial charge is 0.448 e. The van der Waals surface area contributed by atoms with E-state index in [0.717, 1.165) is 25.3 Å². The molecule has 0 spiro atoms. The summed E-state index contributed by atoms with van der Waals surface area (Å²) in [7, 11) is 0. The summed E-state index contributed by atoms with van der Waals surface area (Å²) >= 11 is 0. The van der Waals surface area contributed by atoms with Crippen molar-refractivity contribution in [3.05, 3.63) is 24.4 Å². The van der Waals surface area contributed by atoms with Gasteiger partial charge >= 0.3 is 5.97 Å². The topological polar surface area (TPSA) is 62.7 Å². The van der Waals surface area contributed by atoms with Gasteiger partial charge in [-0.25, -0.2) is 4.98 Å². The van der Waals surface area contributed by atoms with E-state index in [-0.39, 0.29) is 11.9 Å². The van der Waals surface area contributed by atoms with Gasteiger partial charge in [0, 0.05) is 37.8 Å². The zero-order valence-corrected chi connectivity index (χ0v) is 15.1. The van der Waals surface area contributed by atoms with Crippen LogP contribution in [-0.2, 0) is 14.3 Å². The van der Waals surface area contributed by atoms with Crippen LogP contribution in [0.25, 0.3) is 0 Å². The lowest BCUT2D eigenvalue weighted by Gasteiger charge is -2.42. The van der Waals surface area contributed by atoms with E-state index in [4.69, 9.17) is 4.74 Å². The number of amides is 1. The summed E-state index contributed by atoms with van der Waals surface area (Å²) in [5.41, 5.74) is -2.03. The average molecular weight is 343 g/mol. The quantitative estimate of drug-likeness (QED) is 0.767. The van der Waals surface area contributed by atoms with Crippen LogP contribution in [0.5, 0.6) is 0 Å². The molecule has 6 heteroatoms. The number of hydrogen-bond donors (Lipinski definition) is 0. The minimum atomic E-state index is -0.994. The van der Waals surface area contributed by atoms with E-state index in [0.29, 0.717) is 19.5 Å². The number of hydrogen-bond acceptors (Lipinski definition) is 5. The lowest BCUT2D eigenvalue weighted by atomic mass is 9.66. The summed E-state index contributed by atoms with van der Waals surface area (Å²) in [6.07, 6.45) is 3.13. The fourth-order valence-corrected chi connectivity index (χ4v) is 4.66. The number of aromatic nitrogens is 1. The van der Waals surface area contributed by atoms with Gasteiger partial charge in [0.25, 0.3) is 5.91 Å². The lowest BCUT2D eigenvalue weighted by molar-refractivity contribution is -0.174. The number of carbonyl (C=O) groups excluding carboxylic acids is 2. The molecule has 2 saturated heterocycles. The van der Waals surface area contributed by atoms with Crippen molar-refractivity contribution in [3.63, 3.8) is 0 Å². The second-order valence-corrected chi connectivity index (χ2v) is 8.14. The van der Waals surface area contributed by atoms with Gasteiger partial charge < -0.3 is 14.5 Å². The number of esters is 1. The van der Waals surface area contributed by atoms with Gasteiger partial charge in [0.15, 0.2) is 5.60 Å². The maximum absolute atomic E-state index is 13.3. The molecule has 0 N–H and O–H groups in total. The number of pyridine rings is 1. The van der Waals surface area contributed by atoms with Gasteiger partial charge in [-0.15, -0.1) is 0 Å². The van der Waals surface area contributed by atoms with Crippen LogP contribution in [0.2, 0.25) is 0 Å². The first-order chi connectivity index (χ1) is 11.8. The third-order valence-corrected chi connectivity index (χ3v) is 6.97. The highest BCUT2D eigenvalue weighted by atomic mass is 16.6. The molecule has 3 heterocycles. The summed E-state index contributed by atoms with van der Waals surface area (Å²) in [6, 6.07) is 5.86. The maximum atomic E-state index is 13.3. The zero-order valence-electron chi connectivity index (χ0n) is 15.1. The van der Waals surface area contributed by atoms with Crippen molar-refractivity contribution < 1.29 is 14.3 Å². The van der Waals surface area contributed by atoms with E-state index >= 15 is 0 Å². The van der Waals surface area contributed by atoms with Gasteiger partial charge in [-0.3, -0.25) is 9.59 Å². The second-order valence-electron chi connectivity index (χ2n) is 8.14. The third-order valence-electron chi connectivity index (χ3n) is 6.97. The number of piperazine rings is 1. The van der Waals surface area contributed by atoms with Crippen molar-refractivity contribution in [3.8, 4) is 0 Å². The molecule has 0 unspecified atom stereocenters. The van der Waals surface area contributed by atoms with E-state index in [2.05, 4.69) is 9.88 Å². The molecule has 3 aliphatic rings. The molecular formula is C19H25N3O3. The highest BCUT2D eigenvalue weighted by molar-refractivity contribution is 5.96. The molecule has 6 nitrogen and oxygen atoms in total. The van der Waals surface area contributed by atoms with Crippen molar-refractivity contribution in [2.24, 2.45) is 10.8 Å². The molecule has 2 aliphatic heterocycles. The Bertz CT molecular complexity index is 712. The average Bonchev–Trinajstić information content (AvgIpc) is 2.92. The summed E-state index contributed by atoms with van der Waals surface area (Å²) in [6.45, 7) is 8.69. The Labute approximate surface area is 148 Å². The Morgan fingerprint density at radius 1 is 1.12 bits per heavy atom. The fourth-order valence-electron chi connectivity index (χ4n) is 4.66. The van der Waals surface area contributed by atoms with E-state index in [1.54, 1.807) is 6.20 Å². The molecule has 2 atom stereocenters. The van der Waals surface area contributed by atoms with Crippen molar-refractivity contribution >= 4 is 17.7 Å². The van der Waals surface area contributed by atoms with Gasteiger partial charge in [0.05, 0.1) is 5.41 Å². The molecule has 4 rings (SSSR count). The van der Waals surface area contributed by atoms with Crippen LogP contribution in [0.1, 0.15) is 33.6 Å². The lowest BCUT2D eigenvalue weighted by Crippen LogP contribution is -2.59. The second kappa shape index (κ2) is 5.19. The Kier molecular flexibility index (Phi) is 3.40. The molecule has 0 aromatic carbocycles. The molecule has 1 aromatic rings. The Hall–Kier alpha value is -2.11. The Morgan fingerprint density at radius 2 is 1.84 bits per heavy atom. The zero-order chi connectivity index (χ0) is 17.9. The number of rotatable bonds is 2. The predicted molar refractivity (Wildman–Crippen MR) is 93.0 cm³/mol. The van der Waals surface area contributed by atoms with Gasteiger partial charge in [0.2, 0.25) is 0 Å². The van der Waals surface area contributed by atoms with Gasteiger partial charge in [-0.2, -0.15) is 0 Å². The monoisotopic (exact) mass is 343 g/mol. The smallest absolute Gasteiger partial charge is 0.313 e. The van der Waals surface area contributed by atoms with Crippen LogP contribution >= 0.6 is 0 Å². The predicted octanol–water partition coefficient (Wildman–Crippen LogP) is 1.85. The van der Waals surface area contributed by atoms with Gasteiger partial charge in [-0.05, 0) is 31.9 Å². The van der Waals surface area contributed by atoms with Gasteiger partial charge in [-0.1, -0.05) is 19.9 Å². The van der Waals surface area contributed by atoms with Crippen molar-refractivity contribution in [1.29, 1.82) is 0 Å². The first-order valence-corrected chi connectivity index (χ1v) is 9.01. The van der Waals surface area contributed by atoms with Gasteiger partial charge in [0.1, 0.15) is 5.82 Å². The van der Waals surface area contributed by atoms with Crippen molar-refractivity contribution in [2.75, 3.05) is 31.1 Å². The molecule has 1 saturated carbocycles. The molecule has 1 aliphatic carbocycles. The molecule has 134 valence electrons. The normalized spacial score (nSPS) is 33.5.